The van der Waals surface area contributed by atoms with Gasteiger partial charge in [0.15, 0.2) is 10.5 Å². The Balaban J connectivity index is 3.29. The maximum atomic E-state index is 11.3. The van der Waals surface area contributed by atoms with Gasteiger partial charge in [0.2, 0.25) is 0 Å². The smallest absolute Gasteiger partial charge is 0.299 e. The molecule has 0 aliphatic rings. The van der Waals surface area contributed by atoms with Gasteiger partial charge >= 0.3 is 0 Å². The number of benzene rings is 1. The van der Waals surface area contributed by atoms with E-state index in [-0.39, 0.29) is 5.39 Å². The lowest BCUT2D eigenvalue weighted by Crippen LogP contribution is -2.14. The molecule has 0 radical (unpaired) electrons. The van der Waals surface area contributed by atoms with Gasteiger partial charge in [0.1, 0.15) is 9.79 Å². The zero-order valence-corrected chi connectivity index (χ0v) is 12.1. The van der Waals surface area contributed by atoms with Gasteiger partial charge in [-0.1, -0.05) is 0 Å². The third-order valence-electron chi connectivity index (χ3n) is 2.41. The molecule has 13 heteroatoms. The molecule has 2 aromatic rings. The van der Waals surface area contributed by atoms with Crippen LogP contribution in [0.25, 0.3) is 11.0 Å². The Morgan fingerprint density at radius 3 is 1.76 bits per heavy atom. The van der Waals surface area contributed by atoms with Crippen LogP contribution in [0.15, 0.2) is 37.5 Å². The number of hydrogen-bond acceptors (Lipinski definition) is 7. The number of fused-ring (bicyclic) bond motifs is 1. The molecule has 0 saturated carbocycles. The van der Waals surface area contributed by atoms with Gasteiger partial charge < -0.3 is 4.42 Å². The van der Waals surface area contributed by atoms with Crippen molar-refractivity contribution < 1.29 is 43.3 Å². The first-order valence-electron chi connectivity index (χ1n) is 4.80. The lowest BCUT2D eigenvalue weighted by Gasteiger charge is -2.09. The van der Waals surface area contributed by atoms with Crippen molar-refractivity contribution in [3.63, 3.8) is 0 Å². The fourth-order valence-corrected chi connectivity index (χ4v) is 5.03. The van der Waals surface area contributed by atoms with E-state index in [4.69, 9.17) is 13.7 Å². The summed E-state index contributed by atoms with van der Waals surface area (Å²) >= 11 is 0. The lowest BCUT2D eigenvalue weighted by molar-refractivity contribution is 0.454. The summed E-state index contributed by atoms with van der Waals surface area (Å²) in [7, 11) is -16.0. The molecule has 0 fully saturated rings. The Kier molecular flexibility index (Phi) is 3.39. The van der Waals surface area contributed by atoms with Crippen LogP contribution in [-0.2, 0) is 30.4 Å². The minimum Gasteiger partial charge on any atom is -0.463 e. The van der Waals surface area contributed by atoms with E-state index in [0.717, 1.165) is 12.3 Å². The minimum atomic E-state index is -5.44. The number of furan rings is 1. The van der Waals surface area contributed by atoms with Gasteiger partial charge in [-0.2, -0.15) is 25.3 Å². The fraction of sp³-hybridized carbons (Fsp3) is 0. The quantitative estimate of drug-likeness (QED) is 0.641. The van der Waals surface area contributed by atoms with Crippen molar-refractivity contribution in [3.8, 4) is 0 Å². The molecule has 0 bridgehead atoms. The van der Waals surface area contributed by atoms with Crippen molar-refractivity contribution in [1.29, 1.82) is 0 Å². The average molecular weight is 358 g/mol. The van der Waals surface area contributed by atoms with Crippen LogP contribution in [0.2, 0.25) is 0 Å². The normalized spacial score (nSPS) is 13.7. The molecule has 1 aromatic carbocycles. The number of hydrogen-bond donors (Lipinski definition) is 3. The summed E-state index contributed by atoms with van der Waals surface area (Å²) in [5, 5.41) is -0.234. The minimum absolute atomic E-state index is 0.234. The van der Waals surface area contributed by atoms with E-state index < -0.39 is 50.6 Å². The van der Waals surface area contributed by atoms with Crippen LogP contribution in [0.1, 0.15) is 0 Å². The first kappa shape index (κ1) is 15.9. The predicted molar refractivity (Wildman–Crippen MR) is 65.7 cm³/mol. The van der Waals surface area contributed by atoms with Crippen molar-refractivity contribution in [2.45, 2.75) is 14.7 Å². The average Bonchev–Trinajstić information content (AvgIpc) is 2.69. The van der Waals surface area contributed by atoms with Crippen LogP contribution >= 0.6 is 0 Å². The molecule has 21 heavy (non-hydrogen) atoms. The van der Waals surface area contributed by atoms with E-state index in [1.807, 2.05) is 0 Å². The first-order valence-corrected chi connectivity index (χ1v) is 9.12. The van der Waals surface area contributed by atoms with E-state index in [1.165, 1.54) is 0 Å². The van der Waals surface area contributed by atoms with Crippen molar-refractivity contribution >= 4 is 41.3 Å². The standard InChI is InChI=1S/C8H6O10S3/c9-19(10,11)5-3-4-1-2-18-6(4)8(21(15,16)17)7(5)20(12,13)14/h1-3H,(H,9,10,11)(H,12,13,14)(H,15,16,17). The van der Waals surface area contributed by atoms with E-state index >= 15 is 0 Å². The molecule has 0 spiro atoms. The Morgan fingerprint density at radius 1 is 0.810 bits per heavy atom. The molecule has 0 aliphatic carbocycles. The SMILES string of the molecule is O=S(=O)(O)c1cc2ccoc2c(S(=O)(=O)O)c1S(=O)(=O)O. The van der Waals surface area contributed by atoms with Crippen LogP contribution in [0.3, 0.4) is 0 Å². The highest BCUT2D eigenvalue weighted by molar-refractivity contribution is 7.90. The van der Waals surface area contributed by atoms with Gasteiger partial charge in [-0.15, -0.1) is 0 Å². The second-order valence-corrected chi connectivity index (χ2v) is 7.90. The highest BCUT2D eigenvalue weighted by atomic mass is 32.2. The highest BCUT2D eigenvalue weighted by Crippen LogP contribution is 2.35. The van der Waals surface area contributed by atoms with Crippen LogP contribution < -0.4 is 0 Å². The molecule has 0 amide bonds. The van der Waals surface area contributed by atoms with Gasteiger partial charge in [-0.05, 0) is 12.1 Å². The highest BCUT2D eigenvalue weighted by Gasteiger charge is 2.35. The third-order valence-corrected chi connectivity index (χ3v) is 5.39. The summed E-state index contributed by atoms with van der Waals surface area (Å²) in [4.78, 5) is -4.60. The summed E-state index contributed by atoms with van der Waals surface area (Å²) in [6.45, 7) is 0. The van der Waals surface area contributed by atoms with Crippen molar-refractivity contribution in [2.75, 3.05) is 0 Å². The second kappa shape index (κ2) is 4.49. The Hall–Kier alpha value is -1.51. The second-order valence-electron chi connectivity index (χ2n) is 3.80. The van der Waals surface area contributed by atoms with Crippen molar-refractivity contribution in [3.05, 3.63) is 18.4 Å². The van der Waals surface area contributed by atoms with Gasteiger partial charge in [0.25, 0.3) is 30.4 Å². The molecule has 0 saturated heterocycles. The Morgan fingerprint density at radius 2 is 1.33 bits per heavy atom. The molecular weight excluding hydrogens is 352 g/mol. The summed E-state index contributed by atoms with van der Waals surface area (Å²) in [6.07, 6.45) is 0.890. The summed E-state index contributed by atoms with van der Waals surface area (Å²) in [5.41, 5.74) is -0.697. The van der Waals surface area contributed by atoms with E-state index in [9.17, 15) is 25.3 Å². The lowest BCUT2D eigenvalue weighted by atomic mass is 10.2. The maximum absolute atomic E-state index is 11.3. The molecule has 3 N–H and O–H groups in total. The predicted octanol–water partition coefficient (Wildman–Crippen LogP) is 0.173. The Bertz CT molecular complexity index is 1040. The summed E-state index contributed by atoms with van der Waals surface area (Å²) in [5.74, 6) is 0. The van der Waals surface area contributed by atoms with Crippen LogP contribution in [0.5, 0.6) is 0 Å². The van der Waals surface area contributed by atoms with Gasteiger partial charge in [-0.3, -0.25) is 13.7 Å². The van der Waals surface area contributed by atoms with Gasteiger partial charge in [-0.25, -0.2) is 0 Å². The van der Waals surface area contributed by atoms with Crippen molar-refractivity contribution in [1.82, 2.24) is 0 Å². The van der Waals surface area contributed by atoms with Crippen molar-refractivity contribution in [2.24, 2.45) is 0 Å². The third kappa shape index (κ3) is 2.78. The molecule has 1 aromatic heterocycles. The summed E-state index contributed by atoms with van der Waals surface area (Å²) in [6, 6.07) is 1.64. The monoisotopic (exact) mass is 358 g/mol. The topological polar surface area (TPSA) is 176 Å². The zero-order valence-electron chi connectivity index (χ0n) is 9.66. The molecule has 0 aliphatic heterocycles. The zero-order chi connectivity index (χ0) is 16.2. The largest absolute Gasteiger partial charge is 0.463 e. The molecule has 0 atom stereocenters. The summed E-state index contributed by atoms with van der Waals surface area (Å²) < 4.78 is 99.5. The molecule has 2 rings (SSSR count). The van der Waals surface area contributed by atoms with Gasteiger partial charge in [0.05, 0.1) is 6.26 Å². The van der Waals surface area contributed by atoms with E-state index in [1.54, 1.807) is 0 Å². The van der Waals surface area contributed by atoms with Crippen LogP contribution in [0, 0.1) is 0 Å². The van der Waals surface area contributed by atoms with Crippen LogP contribution in [0.4, 0.5) is 0 Å². The molecule has 10 nitrogen and oxygen atoms in total. The molecule has 0 unspecified atom stereocenters. The molecule has 116 valence electrons. The number of rotatable bonds is 3. The van der Waals surface area contributed by atoms with E-state index in [2.05, 4.69) is 4.42 Å². The molecule has 1 heterocycles. The Labute approximate surface area is 118 Å². The maximum Gasteiger partial charge on any atom is 0.299 e. The van der Waals surface area contributed by atoms with Crippen LogP contribution in [-0.4, -0.2) is 38.9 Å². The van der Waals surface area contributed by atoms with E-state index in [0.29, 0.717) is 6.07 Å². The van der Waals surface area contributed by atoms with Gasteiger partial charge in [0, 0.05) is 5.39 Å². The fourth-order valence-electron chi connectivity index (χ4n) is 1.71. The first-order chi connectivity index (χ1) is 9.33. The molecular formula is C8H6O10S3.